The van der Waals surface area contributed by atoms with Crippen LogP contribution in [0.3, 0.4) is 0 Å². The number of nitrogens with zero attached hydrogens (tertiary/aromatic N) is 1. The Hall–Kier alpha value is -1.14. The zero-order valence-electron chi connectivity index (χ0n) is 10.0. The molecule has 2 aliphatic rings. The summed E-state index contributed by atoms with van der Waals surface area (Å²) in [5.41, 5.74) is 5.30. The van der Waals surface area contributed by atoms with Crippen molar-refractivity contribution in [3.63, 3.8) is 0 Å². The summed E-state index contributed by atoms with van der Waals surface area (Å²) in [5, 5.41) is 3.19. The molecule has 0 aromatic carbocycles. The Morgan fingerprint density at radius 3 is 2.76 bits per heavy atom. The van der Waals surface area contributed by atoms with Crippen LogP contribution in [-0.2, 0) is 14.3 Å². The zero-order chi connectivity index (χ0) is 12.4. The number of amides is 2. The molecule has 2 fully saturated rings. The average molecular weight is 241 g/mol. The highest BCUT2D eigenvalue weighted by molar-refractivity contribution is 5.88. The number of rotatable bonds is 2. The number of hydrogen-bond acceptors (Lipinski definition) is 4. The fourth-order valence-electron chi connectivity index (χ4n) is 2.46. The molecular weight excluding hydrogens is 222 g/mol. The molecule has 2 amide bonds. The van der Waals surface area contributed by atoms with Gasteiger partial charge in [0.1, 0.15) is 6.04 Å². The summed E-state index contributed by atoms with van der Waals surface area (Å²) in [4.78, 5) is 25.2. The number of nitrogens with two attached hydrogens (primary N) is 1. The van der Waals surface area contributed by atoms with E-state index in [-0.39, 0.29) is 18.4 Å². The maximum Gasteiger partial charge on any atom is 0.242 e. The largest absolute Gasteiger partial charge is 0.377 e. The van der Waals surface area contributed by atoms with Crippen LogP contribution in [0.15, 0.2) is 0 Å². The summed E-state index contributed by atoms with van der Waals surface area (Å²) < 4.78 is 5.20. The van der Waals surface area contributed by atoms with Crippen molar-refractivity contribution < 1.29 is 14.3 Å². The molecule has 0 bridgehead atoms. The first-order valence-corrected chi connectivity index (χ1v) is 5.99. The van der Waals surface area contributed by atoms with E-state index in [4.69, 9.17) is 10.5 Å². The van der Waals surface area contributed by atoms with Crippen LogP contribution >= 0.6 is 0 Å². The Morgan fingerprint density at radius 2 is 2.18 bits per heavy atom. The van der Waals surface area contributed by atoms with E-state index < -0.39 is 11.9 Å². The highest BCUT2D eigenvalue weighted by Crippen LogP contribution is 2.21. The second kappa shape index (κ2) is 5.01. The molecule has 6 nitrogen and oxygen atoms in total. The molecule has 0 radical (unpaired) electrons. The molecule has 0 aromatic rings. The standard InChI is InChI=1S/C11H19N3O3/c1-7-4-13-5-8(7)11(16)14-2-3-17-6-9(14)10(12)15/h7-9,13H,2-6H2,1H3,(H2,12,15). The van der Waals surface area contributed by atoms with Crippen molar-refractivity contribution in [2.45, 2.75) is 13.0 Å². The number of morpholine rings is 1. The van der Waals surface area contributed by atoms with E-state index in [0.29, 0.717) is 25.6 Å². The maximum atomic E-state index is 12.3. The van der Waals surface area contributed by atoms with E-state index in [1.54, 1.807) is 4.90 Å². The molecule has 0 spiro atoms. The van der Waals surface area contributed by atoms with Crippen LogP contribution in [0, 0.1) is 11.8 Å². The molecular formula is C11H19N3O3. The molecule has 0 aliphatic carbocycles. The van der Waals surface area contributed by atoms with Crippen molar-refractivity contribution >= 4 is 11.8 Å². The van der Waals surface area contributed by atoms with Gasteiger partial charge in [-0.05, 0) is 12.5 Å². The minimum atomic E-state index is -0.607. The predicted molar refractivity (Wildman–Crippen MR) is 61.0 cm³/mol. The van der Waals surface area contributed by atoms with Crippen molar-refractivity contribution in [1.82, 2.24) is 10.2 Å². The lowest BCUT2D eigenvalue weighted by Crippen LogP contribution is -2.56. The van der Waals surface area contributed by atoms with Gasteiger partial charge >= 0.3 is 0 Å². The van der Waals surface area contributed by atoms with E-state index in [2.05, 4.69) is 5.32 Å². The second-order valence-corrected chi connectivity index (χ2v) is 4.77. The van der Waals surface area contributed by atoms with Crippen LogP contribution < -0.4 is 11.1 Å². The minimum absolute atomic E-state index is 0.0228. The molecule has 3 N–H and O–H groups in total. The Morgan fingerprint density at radius 1 is 1.41 bits per heavy atom. The van der Waals surface area contributed by atoms with E-state index in [9.17, 15) is 9.59 Å². The van der Waals surface area contributed by atoms with Gasteiger partial charge in [-0.25, -0.2) is 0 Å². The highest BCUT2D eigenvalue weighted by Gasteiger charge is 2.38. The third-order valence-corrected chi connectivity index (χ3v) is 3.57. The summed E-state index contributed by atoms with van der Waals surface area (Å²) in [6, 6.07) is -0.607. The SMILES string of the molecule is CC1CNCC1C(=O)N1CCOCC1C(N)=O. The van der Waals surface area contributed by atoms with Gasteiger partial charge in [-0.3, -0.25) is 9.59 Å². The Balaban J connectivity index is 2.08. The zero-order valence-corrected chi connectivity index (χ0v) is 10.0. The normalized spacial score (nSPS) is 33.7. The maximum absolute atomic E-state index is 12.3. The molecule has 6 heteroatoms. The number of nitrogens with one attached hydrogen (secondary N) is 1. The van der Waals surface area contributed by atoms with E-state index in [0.717, 1.165) is 6.54 Å². The van der Waals surface area contributed by atoms with Gasteiger partial charge in [-0.2, -0.15) is 0 Å². The van der Waals surface area contributed by atoms with Gasteiger partial charge in [0.15, 0.2) is 0 Å². The summed E-state index contributed by atoms with van der Waals surface area (Å²) >= 11 is 0. The third-order valence-electron chi connectivity index (χ3n) is 3.57. The van der Waals surface area contributed by atoms with Crippen LogP contribution in [-0.4, -0.2) is 55.6 Å². The quantitative estimate of drug-likeness (QED) is 0.620. The van der Waals surface area contributed by atoms with Gasteiger partial charge in [-0.15, -0.1) is 0 Å². The van der Waals surface area contributed by atoms with Crippen LogP contribution in [0.2, 0.25) is 0 Å². The second-order valence-electron chi connectivity index (χ2n) is 4.77. The first-order chi connectivity index (χ1) is 8.11. The molecule has 3 unspecified atom stereocenters. The van der Waals surface area contributed by atoms with Crippen molar-refractivity contribution in [3.8, 4) is 0 Å². The Labute approximate surface area is 100 Å². The summed E-state index contributed by atoms with van der Waals surface area (Å²) in [5.74, 6) is -0.208. The molecule has 0 saturated carbocycles. The third kappa shape index (κ3) is 2.42. The Bertz CT molecular complexity index is 321. The molecule has 2 aliphatic heterocycles. The van der Waals surface area contributed by atoms with Gasteiger partial charge in [0, 0.05) is 13.1 Å². The molecule has 96 valence electrons. The van der Waals surface area contributed by atoms with Gasteiger partial charge in [0.05, 0.1) is 19.1 Å². The van der Waals surface area contributed by atoms with Gasteiger partial charge < -0.3 is 20.7 Å². The molecule has 2 rings (SSSR count). The molecule has 3 atom stereocenters. The van der Waals surface area contributed by atoms with E-state index in [1.165, 1.54) is 0 Å². The van der Waals surface area contributed by atoms with Crippen molar-refractivity contribution in [3.05, 3.63) is 0 Å². The monoisotopic (exact) mass is 241 g/mol. The lowest BCUT2D eigenvalue weighted by molar-refractivity contribution is -0.150. The summed E-state index contributed by atoms with van der Waals surface area (Å²) in [6.45, 7) is 4.72. The topological polar surface area (TPSA) is 84.7 Å². The summed E-state index contributed by atoms with van der Waals surface area (Å²) in [7, 11) is 0. The van der Waals surface area contributed by atoms with Crippen molar-refractivity contribution in [2.24, 2.45) is 17.6 Å². The van der Waals surface area contributed by atoms with Gasteiger partial charge in [0.2, 0.25) is 11.8 Å². The highest BCUT2D eigenvalue weighted by atomic mass is 16.5. The number of carbonyl (C=O) groups excluding carboxylic acids is 2. The van der Waals surface area contributed by atoms with Crippen molar-refractivity contribution in [2.75, 3.05) is 32.8 Å². The summed E-state index contributed by atoms with van der Waals surface area (Å²) in [6.07, 6.45) is 0. The van der Waals surface area contributed by atoms with Crippen LogP contribution in [0.1, 0.15) is 6.92 Å². The number of hydrogen-bond donors (Lipinski definition) is 2. The van der Waals surface area contributed by atoms with Crippen LogP contribution in [0.4, 0.5) is 0 Å². The molecule has 2 saturated heterocycles. The Kier molecular flexibility index (Phi) is 3.63. The fraction of sp³-hybridized carbons (Fsp3) is 0.818. The number of ether oxygens (including phenoxy) is 1. The lowest BCUT2D eigenvalue weighted by Gasteiger charge is -2.35. The molecule has 0 aromatic heterocycles. The van der Waals surface area contributed by atoms with Gasteiger partial charge in [-0.1, -0.05) is 6.92 Å². The number of primary amides is 1. The van der Waals surface area contributed by atoms with Crippen molar-refractivity contribution in [1.29, 1.82) is 0 Å². The van der Waals surface area contributed by atoms with E-state index in [1.807, 2.05) is 6.92 Å². The first-order valence-electron chi connectivity index (χ1n) is 5.99. The van der Waals surface area contributed by atoms with Crippen LogP contribution in [0.25, 0.3) is 0 Å². The lowest BCUT2D eigenvalue weighted by atomic mass is 9.95. The van der Waals surface area contributed by atoms with Crippen LogP contribution in [0.5, 0.6) is 0 Å². The average Bonchev–Trinajstić information content (AvgIpc) is 2.74. The van der Waals surface area contributed by atoms with Gasteiger partial charge in [0.25, 0.3) is 0 Å². The molecule has 2 heterocycles. The minimum Gasteiger partial charge on any atom is -0.377 e. The first kappa shape index (κ1) is 12.3. The fourth-order valence-corrected chi connectivity index (χ4v) is 2.46. The number of carbonyl (C=O) groups is 2. The smallest absolute Gasteiger partial charge is 0.242 e. The predicted octanol–water partition coefficient (Wildman–Crippen LogP) is -1.45. The molecule has 17 heavy (non-hydrogen) atoms. The van der Waals surface area contributed by atoms with E-state index >= 15 is 0 Å².